The summed E-state index contributed by atoms with van der Waals surface area (Å²) in [5.41, 5.74) is 0.739. The third-order valence-electron chi connectivity index (χ3n) is 2.96. The molecule has 0 radical (unpaired) electrons. The lowest BCUT2D eigenvalue weighted by Gasteiger charge is -2.20. The van der Waals surface area contributed by atoms with Gasteiger partial charge in [0.05, 0.1) is 10.3 Å². The minimum atomic E-state index is -3.27. The van der Waals surface area contributed by atoms with Crippen LogP contribution in [-0.4, -0.2) is 25.7 Å². The van der Waals surface area contributed by atoms with E-state index in [0.717, 1.165) is 17.4 Å². The molecule has 4 nitrogen and oxygen atoms in total. The van der Waals surface area contributed by atoms with Crippen LogP contribution in [0.5, 0.6) is 0 Å². The van der Waals surface area contributed by atoms with E-state index in [-0.39, 0.29) is 4.90 Å². The van der Waals surface area contributed by atoms with Crippen molar-refractivity contribution in [3.8, 4) is 0 Å². The summed E-state index contributed by atoms with van der Waals surface area (Å²) in [6.07, 6.45) is 1.45. The van der Waals surface area contributed by atoms with E-state index in [1.807, 2.05) is 6.92 Å². The topological polar surface area (TPSA) is 71.4 Å². The van der Waals surface area contributed by atoms with Crippen LogP contribution in [0, 0.1) is 12.3 Å². The van der Waals surface area contributed by atoms with E-state index in [1.165, 1.54) is 0 Å². The molecule has 0 saturated heterocycles. The Balaban J connectivity index is 3.22. The maximum absolute atomic E-state index is 11.5. The largest absolute Gasteiger partial charge is 0.481 e. The first-order chi connectivity index (χ1) is 8.04. The van der Waals surface area contributed by atoms with E-state index in [4.69, 9.17) is 5.11 Å². The molecule has 0 aliphatic rings. The van der Waals surface area contributed by atoms with Gasteiger partial charge in [0.2, 0.25) is 0 Å². The summed E-state index contributed by atoms with van der Waals surface area (Å²) in [4.78, 5) is 11.3. The van der Waals surface area contributed by atoms with Crippen molar-refractivity contribution in [3.63, 3.8) is 0 Å². The van der Waals surface area contributed by atoms with E-state index >= 15 is 0 Å². The SMILES string of the molecule is Cc1ccc(S(C)(=O)=O)cc1CC(C)(C)C(=O)O. The normalized spacial score (nSPS) is 12.4. The second-order valence-corrected chi connectivity index (χ2v) is 7.24. The van der Waals surface area contributed by atoms with Crippen LogP contribution >= 0.6 is 0 Å². The highest BCUT2D eigenvalue weighted by Gasteiger charge is 2.28. The second-order valence-electron chi connectivity index (χ2n) is 5.23. The van der Waals surface area contributed by atoms with Crippen molar-refractivity contribution in [1.82, 2.24) is 0 Å². The van der Waals surface area contributed by atoms with E-state index in [0.29, 0.717) is 6.42 Å². The molecule has 0 fully saturated rings. The van der Waals surface area contributed by atoms with Crippen molar-refractivity contribution in [2.75, 3.05) is 6.26 Å². The van der Waals surface area contributed by atoms with Crippen LogP contribution in [0.25, 0.3) is 0 Å². The molecule has 0 bridgehead atoms. The number of carbonyl (C=O) groups is 1. The Morgan fingerprint density at radius 2 is 1.89 bits per heavy atom. The Morgan fingerprint density at radius 3 is 2.33 bits per heavy atom. The Hall–Kier alpha value is -1.36. The molecule has 0 spiro atoms. The smallest absolute Gasteiger partial charge is 0.309 e. The average Bonchev–Trinajstić information content (AvgIpc) is 2.19. The molecule has 5 heteroatoms. The first-order valence-corrected chi connectivity index (χ1v) is 7.46. The fraction of sp³-hybridized carbons (Fsp3) is 0.462. The van der Waals surface area contributed by atoms with Gasteiger partial charge in [-0.15, -0.1) is 0 Å². The van der Waals surface area contributed by atoms with Crippen molar-refractivity contribution in [2.24, 2.45) is 5.41 Å². The van der Waals surface area contributed by atoms with Gasteiger partial charge in [0, 0.05) is 6.26 Å². The van der Waals surface area contributed by atoms with E-state index in [9.17, 15) is 13.2 Å². The van der Waals surface area contributed by atoms with Crippen LogP contribution in [0.2, 0.25) is 0 Å². The Morgan fingerprint density at radius 1 is 1.33 bits per heavy atom. The lowest BCUT2D eigenvalue weighted by molar-refractivity contribution is -0.146. The zero-order chi connectivity index (χ0) is 14.1. The summed E-state index contributed by atoms with van der Waals surface area (Å²) >= 11 is 0. The van der Waals surface area contributed by atoms with E-state index in [2.05, 4.69) is 0 Å². The molecule has 0 aliphatic heterocycles. The predicted octanol–water partition coefficient (Wildman–Crippen LogP) is 2.05. The molecule has 0 saturated carbocycles. The molecule has 0 aromatic heterocycles. The Bertz CT molecular complexity index is 571. The maximum atomic E-state index is 11.5. The van der Waals surface area contributed by atoms with Gasteiger partial charge in [-0.2, -0.15) is 0 Å². The van der Waals surface area contributed by atoms with Crippen LogP contribution < -0.4 is 0 Å². The molecular formula is C13H18O4S. The van der Waals surface area contributed by atoms with Crippen molar-refractivity contribution < 1.29 is 18.3 Å². The van der Waals surface area contributed by atoms with Crippen LogP contribution in [0.15, 0.2) is 23.1 Å². The molecule has 1 aromatic carbocycles. The molecule has 1 rings (SSSR count). The third-order valence-corrected chi connectivity index (χ3v) is 4.07. The first-order valence-electron chi connectivity index (χ1n) is 5.57. The quantitative estimate of drug-likeness (QED) is 0.909. The maximum Gasteiger partial charge on any atom is 0.309 e. The highest BCUT2D eigenvalue weighted by atomic mass is 32.2. The summed E-state index contributed by atoms with van der Waals surface area (Å²) in [6, 6.07) is 4.82. The molecule has 0 amide bonds. The van der Waals surface area contributed by atoms with Crippen molar-refractivity contribution in [3.05, 3.63) is 29.3 Å². The van der Waals surface area contributed by atoms with Crippen molar-refractivity contribution >= 4 is 15.8 Å². The van der Waals surface area contributed by atoms with Crippen LogP contribution in [0.4, 0.5) is 0 Å². The van der Waals surface area contributed by atoms with E-state index < -0.39 is 21.2 Å². The lowest BCUT2D eigenvalue weighted by atomic mass is 9.84. The standard InChI is InChI=1S/C13H18O4S/c1-9-5-6-11(18(4,16)17)7-10(9)8-13(2,3)12(14)15/h5-7H,8H2,1-4H3,(H,14,15). The van der Waals surface area contributed by atoms with Crippen LogP contribution in [0.3, 0.4) is 0 Å². The molecule has 100 valence electrons. The number of hydrogen-bond acceptors (Lipinski definition) is 3. The highest BCUT2D eigenvalue weighted by molar-refractivity contribution is 7.90. The molecule has 1 aromatic rings. The number of aryl methyl sites for hydroxylation is 1. The zero-order valence-corrected chi connectivity index (χ0v) is 11.8. The number of carboxylic acid groups (broad SMARTS) is 1. The van der Waals surface area contributed by atoms with Crippen molar-refractivity contribution in [1.29, 1.82) is 0 Å². The number of aliphatic carboxylic acids is 1. The van der Waals surface area contributed by atoms with Gasteiger partial charge >= 0.3 is 5.97 Å². The van der Waals surface area contributed by atoms with Gasteiger partial charge in [0.25, 0.3) is 0 Å². The van der Waals surface area contributed by atoms with Gasteiger partial charge < -0.3 is 5.11 Å². The van der Waals surface area contributed by atoms with Gasteiger partial charge in [-0.05, 0) is 50.5 Å². The van der Waals surface area contributed by atoms with Crippen molar-refractivity contribution in [2.45, 2.75) is 32.1 Å². The summed E-state index contributed by atoms with van der Waals surface area (Å²) in [5.74, 6) is -0.897. The summed E-state index contributed by atoms with van der Waals surface area (Å²) < 4.78 is 23.0. The van der Waals surface area contributed by atoms with E-state index in [1.54, 1.807) is 32.0 Å². The minimum absolute atomic E-state index is 0.226. The average molecular weight is 270 g/mol. The summed E-state index contributed by atoms with van der Waals surface area (Å²) in [6.45, 7) is 5.10. The summed E-state index contributed by atoms with van der Waals surface area (Å²) in [7, 11) is -3.27. The Kier molecular flexibility index (Phi) is 3.86. The van der Waals surface area contributed by atoms with Gasteiger partial charge in [0.15, 0.2) is 9.84 Å². The number of benzene rings is 1. The number of hydrogen-bond donors (Lipinski definition) is 1. The number of sulfone groups is 1. The Labute approximate surface area is 108 Å². The molecule has 1 N–H and O–H groups in total. The number of rotatable bonds is 4. The fourth-order valence-corrected chi connectivity index (χ4v) is 2.29. The lowest BCUT2D eigenvalue weighted by Crippen LogP contribution is -2.26. The monoisotopic (exact) mass is 270 g/mol. The molecule has 18 heavy (non-hydrogen) atoms. The van der Waals surface area contributed by atoms with Crippen LogP contribution in [-0.2, 0) is 21.1 Å². The molecule has 0 atom stereocenters. The molecular weight excluding hydrogens is 252 g/mol. The van der Waals surface area contributed by atoms with Crippen LogP contribution in [0.1, 0.15) is 25.0 Å². The third kappa shape index (κ3) is 3.32. The zero-order valence-electron chi connectivity index (χ0n) is 11.0. The first kappa shape index (κ1) is 14.7. The highest BCUT2D eigenvalue weighted by Crippen LogP contribution is 2.25. The fourth-order valence-electron chi connectivity index (χ4n) is 1.62. The van der Waals surface area contributed by atoms with Gasteiger partial charge in [0.1, 0.15) is 0 Å². The summed E-state index contributed by atoms with van der Waals surface area (Å²) in [5, 5.41) is 9.10. The molecule has 0 aliphatic carbocycles. The van der Waals surface area contributed by atoms with Gasteiger partial charge in [-0.25, -0.2) is 8.42 Å². The molecule has 0 heterocycles. The minimum Gasteiger partial charge on any atom is -0.481 e. The predicted molar refractivity (Wildman–Crippen MR) is 69.4 cm³/mol. The second kappa shape index (κ2) is 4.72. The van der Waals surface area contributed by atoms with Gasteiger partial charge in [-0.1, -0.05) is 6.07 Å². The number of carboxylic acids is 1. The molecule has 0 unspecified atom stereocenters. The van der Waals surface area contributed by atoms with Gasteiger partial charge in [-0.3, -0.25) is 4.79 Å².